The van der Waals surface area contributed by atoms with E-state index in [-0.39, 0.29) is 24.1 Å². The number of hydrogen-bond donors (Lipinski definition) is 1. The molecule has 5 nitrogen and oxygen atoms in total. The zero-order valence-corrected chi connectivity index (χ0v) is 12.4. The van der Waals surface area contributed by atoms with E-state index in [4.69, 9.17) is 4.74 Å². The molecule has 1 aliphatic carbocycles. The molecule has 0 bridgehead atoms. The second-order valence-corrected chi connectivity index (χ2v) is 6.19. The van der Waals surface area contributed by atoms with Gasteiger partial charge in [0, 0.05) is 19.2 Å². The highest BCUT2D eigenvalue weighted by Gasteiger charge is 2.55. The van der Waals surface area contributed by atoms with Crippen molar-refractivity contribution in [1.29, 1.82) is 0 Å². The summed E-state index contributed by atoms with van der Waals surface area (Å²) < 4.78 is 31.4. The van der Waals surface area contributed by atoms with Crippen LogP contribution in [0.4, 0.5) is 8.78 Å². The molecule has 0 unspecified atom stereocenters. The Morgan fingerprint density at radius 1 is 1.39 bits per heavy atom. The van der Waals surface area contributed by atoms with Crippen molar-refractivity contribution in [3.8, 4) is 5.75 Å². The average Bonchev–Trinajstić information content (AvgIpc) is 3.04. The number of carboxylic acids is 1. The van der Waals surface area contributed by atoms with Crippen molar-refractivity contribution >= 4 is 11.9 Å². The maximum atomic E-state index is 13.5. The van der Waals surface area contributed by atoms with E-state index in [9.17, 15) is 23.5 Å². The van der Waals surface area contributed by atoms with Crippen LogP contribution < -0.4 is 4.74 Å². The van der Waals surface area contributed by atoms with Crippen LogP contribution in [0.2, 0.25) is 0 Å². The van der Waals surface area contributed by atoms with E-state index in [2.05, 4.69) is 0 Å². The Balaban J connectivity index is 1.63. The minimum absolute atomic E-state index is 0.0356. The number of benzene rings is 1. The number of carbonyl (C=O) groups excluding carboxylic acids is 1. The minimum atomic E-state index is -0.877. The number of ether oxygens (including phenoxy) is 1. The van der Waals surface area contributed by atoms with E-state index >= 15 is 0 Å². The van der Waals surface area contributed by atoms with E-state index < -0.39 is 29.6 Å². The lowest BCUT2D eigenvalue weighted by atomic mass is 9.81. The molecule has 7 heteroatoms. The molecule has 3 rings (SSSR count). The third-order valence-electron chi connectivity index (χ3n) is 4.89. The van der Waals surface area contributed by atoms with Crippen molar-refractivity contribution in [2.45, 2.75) is 19.3 Å². The summed E-state index contributed by atoms with van der Waals surface area (Å²) in [5.74, 6) is -3.09. The standard InChI is InChI=1S/C16H17F2NO4/c17-11-3-4-13(12(18)6-11)23-8-14(20)19-7-10-2-1-5-16(10,9-19)15(21)22/h3-4,6,10H,1-2,5,7-9H2,(H,21,22)/t10-,16+/m0/s1. The predicted octanol–water partition coefficient (Wildman–Crippen LogP) is 2.06. The second kappa shape index (κ2) is 5.79. The maximum absolute atomic E-state index is 13.5. The number of carboxylic acid groups (broad SMARTS) is 1. The summed E-state index contributed by atoms with van der Waals surface area (Å²) in [7, 11) is 0. The van der Waals surface area contributed by atoms with Gasteiger partial charge in [0.2, 0.25) is 0 Å². The van der Waals surface area contributed by atoms with Crippen LogP contribution in [0.25, 0.3) is 0 Å². The Hall–Kier alpha value is -2.18. The van der Waals surface area contributed by atoms with Gasteiger partial charge in [0.15, 0.2) is 18.2 Å². The Labute approximate surface area is 131 Å². The summed E-state index contributed by atoms with van der Waals surface area (Å²) >= 11 is 0. The number of halogens is 2. The van der Waals surface area contributed by atoms with Crippen molar-refractivity contribution in [2.24, 2.45) is 11.3 Å². The summed E-state index contributed by atoms with van der Waals surface area (Å²) in [5, 5.41) is 9.49. The molecule has 1 amide bonds. The molecule has 2 fully saturated rings. The molecule has 0 radical (unpaired) electrons. The molecule has 1 heterocycles. The lowest BCUT2D eigenvalue weighted by Gasteiger charge is -2.23. The van der Waals surface area contributed by atoms with Crippen molar-refractivity contribution in [3.05, 3.63) is 29.8 Å². The van der Waals surface area contributed by atoms with Crippen molar-refractivity contribution in [2.75, 3.05) is 19.7 Å². The van der Waals surface area contributed by atoms with Crippen LogP contribution in [-0.2, 0) is 9.59 Å². The molecular weight excluding hydrogens is 308 g/mol. The molecule has 0 spiro atoms. The summed E-state index contributed by atoms with van der Waals surface area (Å²) in [4.78, 5) is 25.3. The first-order chi connectivity index (χ1) is 10.9. The number of nitrogens with zero attached hydrogens (tertiary/aromatic N) is 1. The summed E-state index contributed by atoms with van der Waals surface area (Å²) in [5.41, 5.74) is -0.850. The molecule has 1 aromatic rings. The minimum Gasteiger partial charge on any atom is -0.481 e. The van der Waals surface area contributed by atoms with Crippen molar-refractivity contribution in [1.82, 2.24) is 4.90 Å². The summed E-state index contributed by atoms with van der Waals surface area (Å²) in [6.45, 7) is 0.159. The van der Waals surface area contributed by atoms with Crippen LogP contribution in [-0.4, -0.2) is 41.6 Å². The van der Waals surface area contributed by atoms with Crippen molar-refractivity contribution in [3.63, 3.8) is 0 Å². The van der Waals surface area contributed by atoms with E-state index in [0.717, 1.165) is 25.0 Å². The van der Waals surface area contributed by atoms with Crippen molar-refractivity contribution < 1.29 is 28.2 Å². The highest BCUT2D eigenvalue weighted by molar-refractivity contribution is 5.82. The van der Waals surface area contributed by atoms with Gasteiger partial charge in [0.05, 0.1) is 5.41 Å². The van der Waals surface area contributed by atoms with Gasteiger partial charge >= 0.3 is 5.97 Å². The second-order valence-electron chi connectivity index (χ2n) is 6.19. The molecular formula is C16H17F2NO4. The number of amides is 1. The van der Waals surface area contributed by atoms with Gasteiger partial charge in [0.1, 0.15) is 5.82 Å². The van der Waals surface area contributed by atoms with Crippen LogP contribution in [0.5, 0.6) is 5.75 Å². The Kier molecular flexibility index (Phi) is 3.95. The average molecular weight is 325 g/mol. The maximum Gasteiger partial charge on any atom is 0.311 e. The van der Waals surface area contributed by atoms with Crippen LogP contribution in [0.15, 0.2) is 18.2 Å². The van der Waals surface area contributed by atoms with Gasteiger partial charge in [-0.1, -0.05) is 6.42 Å². The first-order valence-electron chi connectivity index (χ1n) is 7.51. The smallest absolute Gasteiger partial charge is 0.311 e. The van der Waals surface area contributed by atoms with Crippen LogP contribution >= 0.6 is 0 Å². The molecule has 1 saturated carbocycles. The molecule has 2 atom stereocenters. The molecule has 1 aliphatic heterocycles. The molecule has 0 aromatic heterocycles. The van der Waals surface area contributed by atoms with E-state index in [1.807, 2.05) is 0 Å². The topological polar surface area (TPSA) is 66.8 Å². The number of aliphatic carboxylic acids is 1. The molecule has 124 valence electrons. The zero-order valence-electron chi connectivity index (χ0n) is 12.4. The number of fused-ring (bicyclic) bond motifs is 1. The molecule has 1 aromatic carbocycles. The predicted molar refractivity (Wildman–Crippen MR) is 75.8 cm³/mol. The number of likely N-dealkylation sites (tertiary alicyclic amines) is 1. The lowest BCUT2D eigenvalue weighted by Crippen LogP contribution is -2.38. The summed E-state index contributed by atoms with van der Waals surface area (Å²) in [6, 6.07) is 2.84. The van der Waals surface area contributed by atoms with Gasteiger partial charge in [-0.05, 0) is 30.9 Å². The third kappa shape index (κ3) is 2.75. The Morgan fingerprint density at radius 2 is 2.17 bits per heavy atom. The quantitative estimate of drug-likeness (QED) is 0.920. The van der Waals surface area contributed by atoms with Gasteiger partial charge in [-0.3, -0.25) is 9.59 Å². The highest BCUT2D eigenvalue weighted by Crippen LogP contribution is 2.48. The summed E-state index contributed by atoms with van der Waals surface area (Å²) in [6.07, 6.45) is 2.23. The van der Waals surface area contributed by atoms with Gasteiger partial charge in [-0.15, -0.1) is 0 Å². The molecule has 1 saturated heterocycles. The highest BCUT2D eigenvalue weighted by atomic mass is 19.1. The monoisotopic (exact) mass is 325 g/mol. The van der Waals surface area contributed by atoms with Gasteiger partial charge < -0.3 is 14.7 Å². The van der Waals surface area contributed by atoms with Crippen LogP contribution in [0.1, 0.15) is 19.3 Å². The lowest BCUT2D eigenvalue weighted by molar-refractivity contribution is -0.149. The van der Waals surface area contributed by atoms with Crippen LogP contribution in [0.3, 0.4) is 0 Å². The number of hydrogen-bond acceptors (Lipinski definition) is 3. The van der Waals surface area contributed by atoms with Crippen LogP contribution in [0, 0.1) is 23.0 Å². The van der Waals surface area contributed by atoms with E-state index in [1.54, 1.807) is 0 Å². The fourth-order valence-electron chi connectivity index (χ4n) is 3.65. The number of rotatable bonds is 4. The Morgan fingerprint density at radius 3 is 2.83 bits per heavy atom. The fourth-order valence-corrected chi connectivity index (χ4v) is 3.65. The third-order valence-corrected chi connectivity index (χ3v) is 4.89. The Bertz CT molecular complexity index is 651. The first kappa shape index (κ1) is 15.7. The first-order valence-corrected chi connectivity index (χ1v) is 7.51. The van der Waals surface area contributed by atoms with Gasteiger partial charge in [-0.2, -0.15) is 0 Å². The SMILES string of the molecule is O=C(COc1ccc(F)cc1F)N1C[C@@H]2CCC[C@@]2(C(=O)O)C1. The fraction of sp³-hybridized carbons (Fsp3) is 0.500. The largest absolute Gasteiger partial charge is 0.481 e. The molecule has 2 aliphatic rings. The normalized spacial score (nSPS) is 26.2. The molecule has 1 N–H and O–H groups in total. The van der Waals surface area contributed by atoms with Gasteiger partial charge in [-0.25, -0.2) is 8.78 Å². The van der Waals surface area contributed by atoms with E-state index in [0.29, 0.717) is 19.0 Å². The number of carbonyl (C=O) groups is 2. The zero-order chi connectivity index (χ0) is 16.6. The molecule has 23 heavy (non-hydrogen) atoms. The van der Waals surface area contributed by atoms with Gasteiger partial charge in [0.25, 0.3) is 5.91 Å². The van der Waals surface area contributed by atoms with E-state index in [1.165, 1.54) is 4.90 Å².